The number of fused-ring (bicyclic) bond motifs is 1. The summed E-state index contributed by atoms with van der Waals surface area (Å²) in [4.78, 5) is 3.53. The number of aromatic amines is 1. The van der Waals surface area contributed by atoms with E-state index in [9.17, 15) is 0 Å². The molecule has 4 aromatic carbocycles. The van der Waals surface area contributed by atoms with Crippen LogP contribution in [0.2, 0.25) is 0 Å². The lowest BCUT2D eigenvalue weighted by molar-refractivity contribution is 0.752. The number of rotatable bonds is 4. The van der Waals surface area contributed by atoms with Gasteiger partial charge in [-0.3, -0.25) is 0 Å². The lowest BCUT2D eigenvalue weighted by Gasteiger charge is -2.37. The van der Waals surface area contributed by atoms with Gasteiger partial charge in [-0.2, -0.15) is 0 Å². The van der Waals surface area contributed by atoms with Gasteiger partial charge in [0.2, 0.25) is 0 Å². The molecule has 29 heavy (non-hydrogen) atoms. The van der Waals surface area contributed by atoms with E-state index in [1.54, 1.807) is 0 Å². The highest BCUT2D eigenvalue weighted by Crippen LogP contribution is 2.47. The maximum absolute atomic E-state index is 3.53. The quantitative estimate of drug-likeness (QED) is 0.331. The van der Waals surface area contributed by atoms with Crippen molar-refractivity contribution in [2.45, 2.75) is 12.3 Å². The fourth-order valence-corrected chi connectivity index (χ4v) is 4.65. The van der Waals surface area contributed by atoms with Crippen LogP contribution in [-0.4, -0.2) is 4.98 Å². The van der Waals surface area contributed by atoms with Crippen LogP contribution in [0.25, 0.3) is 10.9 Å². The number of benzene rings is 4. The minimum absolute atomic E-state index is 0.405. The second-order valence-electron chi connectivity index (χ2n) is 7.57. The molecular weight excluding hydrogens is 350 g/mol. The molecular formula is C28H23N. The van der Waals surface area contributed by atoms with Crippen LogP contribution in [0.15, 0.2) is 115 Å². The summed E-state index contributed by atoms with van der Waals surface area (Å²) < 4.78 is 0. The first-order valence-electron chi connectivity index (χ1n) is 10.1. The van der Waals surface area contributed by atoms with Crippen molar-refractivity contribution in [3.63, 3.8) is 0 Å². The molecule has 140 valence electrons. The first kappa shape index (κ1) is 17.5. The van der Waals surface area contributed by atoms with Crippen molar-refractivity contribution >= 4 is 10.9 Å². The lowest BCUT2D eigenvalue weighted by atomic mass is 9.64. The van der Waals surface area contributed by atoms with E-state index in [1.165, 1.54) is 38.9 Å². The van der Waals surface area contributed by atoms with Crippen molar-refractivity contribution < 1.29 is 0 Å². The van der Waals surface area contributed by atoms with E-state index in [0.717, 1.165) is 0 Å². The van der Waals surface area contributed by atoms with Crippen LogP contribution in [0, 0.1) is 6.92 Å². The average Bonchev–Trinajstić information content (AvgIpc) is 3.17. The third-order valence-electron chi connectivity index (χ3n) is 5.82. The van der Waals surface area contributed by atoms with Gasteiger partial charge in [0.15, 0.2) is 0 Å². The molecule has 5 aromatic rings. The molecule has 0 amide bonds. The van der Waals surface area contributed by atoms with Crippen molar-refractivity contribution in [1.82, 2.24) is 4.98 Å². The van der Waals surface area contributed by atoms with Crippen molar-refractivity contribution in [3.05, 3.63) is 143 Å². The van der Waals surface area contributed by atoms with E-state index in [4.69, 9.17) is 0 Å². The van der Waals surface area contributed by atoms with Gasteiger partial charge < -0.3 is 4.98 Å². The highest BCUT2D eigenvalue weighted by Gasteiger charge is 2.39. The maximum Gasteiger partial charge on any atom is 0.0708 e. The van der Waals surface area contributed by atoms with E-state index in [0.29, 0.717) is 0 Å². The van der Waals surface area contributed by atoms with Crippen LogP contribution in [0.4, 0.5) is 0 Å². The molecule has 0 aliphatic carbocycles. The summed E-state index contributed by atoms with van der Waals surface area (Å²) in [7, 11) is 0. The molecule has 1 heterocycles. The van der Waals surface area contributed by atoms with Crippen LogP contribution in [-0.2, 0) is 5.41 Å². The highest BCUT2D eigenvalue weighted by molar-refractivity contribution is 5.87. The van der Waals surface area contributed by atoms with Gasteiger partial charge in [0.25, 0.3) is 0 Å². The van der Waals surface area contributed by atoms with Crippen LogP contribution in [0.3, 0.4) is 0 Å². The molecule has 0 spiro atoms. The number of hydrogen-bond donors (Lipinski definition) is 1. The zero-order valence-corrected chi connectivity index (χ0v) is 16.5. The van der Waals surface area contributed by atoms with Gasteiger partial charge in [0, 0.05) is 16.6 Å². The summed E-state index contributed by atoms with van der Waals surface area (Å²) in [6.45, 7) is 2.12. The first-order valence-corrected chi connectivity index (χ1v) is 10.1. The topological polar surface area (TPSA) is 15.8 Å². The molecule has 0 aliphatic heterocycles. The molecule has 0 saturated carbocycles. The molecule has 1 heteroatoms. The minimum atomic E-state index is -0.405. The molecule has 0 fully saturated rings. The molecule has 0 aliphatic rings. The van der Waals surface area contributed by atoms with Gasteiger partial charge in [-0.05, 0) is 41.3 Å². The third kappa shape index (κ3) is 2.78. The van der Waals surface area contributed by atoms with Crippen LogP contribution >= 0.6 is 0 Å². The zero-order valence-electron chi connectivity index (χ0n) is 16.5. The average molecular weight is 373 g/mol. The fourth-order valence-electron chi connectivity index (χ4n) is 4.65. The Hall–Kier alpha value is -3.58. The number of nitrogens with one attached hydrogen (secondary N) is 1. The number of hydrogen-bond acceptors (Lipinski definition) is 0. The van der Waals surface area contributed by atoms with Gasteiger partial charge >= 0.3 is 0 Å². The number of H-pyrrole nitrogens is 1. The standard InChI is InChI=1S/C28H23N/c1-21-20-25-26(18-11-19-27(25)29-21)28(22-12-5-2-6-13-22,23-14-7-3-8-15-23)24-16-9-4-10-17-24/h2-20,29H,1H3. The fraction of sp³-hybridized carbons (Fsp3) is 0.0714. The first-order chi connectivity index (χ1) is 14.3. The molecule has 0 radical (unpaired) electrons. The van der Waals surface area contributed by atoms with E-state index in [-0.39, 0.29) is 0 Å². The Morgan fingerprint density at radius 3 is 1.52 bits per heavy atom. The highest BCUT2D eigenvalue weighted by atomic mass is 14.7. The predicted octanol–water partition coefficient (Wildman–Crippen LogP) is 6.86. The summed E-state index contributed by atoms with van der Waals surface area (Å²) in [5.74, 6) is 0. The van der Waals surface area contributed by atoms with E-state index in [1.807, 2.05) is 0 Å². The Balaban J connectivity index is 1.98. The Morgan fingerprint density at radius 2 is 1.03 bits per heavy atom. The molecule has 0 atom stereocenters. The summed E-state index contributed by atoms with van der Waals surface area (Å²) in [5, 5.41) is 1.27. The molecule has 0 saturated heterocycles. The second kappa shape index (κ2) is 7.10. The lowest BCUT2D eigenvalue weighted by Crippen LogP contribution is -2.31. The van der Waals surface area contributed by atoms with Gasteiger partial charge in [-0.1, -0.05) is 103 Å². The van der Waals surface area contributed by atoms with Crippen molar-refractivity contribution in [2.24, 2.45) is 0 Å². The van der Waals surface area contributed by atoms with Gasteiger partial charge in [0.1, 0.15) is 0 Å². The van der Waals surface area contributed by atoms with E-state index < -0.39 is 5.41 Å². The molecule has 1 N–H and O–H groups in total. The monoisotopic (exact) mass is 373 g/mol. The maximum atomic E-state index is 3.53. The zero-order chi connectivity index (χ0) is 19.7. The molecule has 0 unspecified atom stereocenters. The summed E-state index contributed by atoms with van der Waals surface area (Å²) in [6, 6.07) is 41.5. The Kier molecular flexibility index (Phi) is 4.29. The number of aryl methyl sites for hydroxylation is 1. The van der Waals surface area contributed by atoms with Crippen LogP contribution < -0.4 is 0 Å². The van der Waals surface area contributed by atoms with Gasteiger partial charge in [0.05, 0.1) is 5.41 Å². The molecule has 5 rings (SSSR count). The normalized spacial score (nSPS) is 11.6. The second-order valence-corrected chi connectivity index (χ2v) is 7.57. The van der Waals surface area contributed by atoms with Gasteiger partial charge in [-0.25, -0.2) is 0 Å². The predicted molar refractivity (Wildman–Crippen MR) is 121 cm³/mol. The number of aromatic nitrogens is 1. The van der Waals surface area contributed by atoms with Crippen LogP contribution in [0.1, 0.15) is 27.9 Å². The van der Waals surface area contributed by atoms with Crippen molar-refractivity contribution in [1.29, 1.82) is 0 Å². The summed E-state index contributed by atoms with van der Waals surface area (Å²) in [6.07, 6.45) is 0. The van der Waals surface area contributed by atoms with Crippen molar-refractivity contribution in [2.75, 3.05) is 0 Å². The van der Waals surface area contributed by atoms with Gasteiger partial charge in [-0.15, -0.1) is 0 Å². The van der Waals surface area contributed by atoms with E-state index >= 15 is 0 Å². The van der Waals surface area contributed by atoms with Crippen molar-refractivity contribution in [3.8, 4) is 0 Å². The summed E-state index contributed by atoms with van der Waals surface area (Å²) in [5.41, 5.74) is 7.04. The minimum Gasteiger partial charge on any atom is -0.359 e. The molecule has 0 bridgehead atoms. The Bertz CT molecular complexity index is 1140. The Labute approximate surface area is 171 Å². The Morgan fingerprint density at radius 1 is 0.552 bits per heavy atom. The smallest absolute Gasteiger partial charge is 0.0708 e. The largest absolute Gasteiger partial charge is 0.359 e. The molecule has 1 aromatic heterocycles. The van der Waals surface area contributed by atoms with Crippen LogP contribution in [0.5, 0.6) is 0 Å². The summed E-state index contributed by atoms with van der Waals surface area (Å²) >= 11 is 0. The third-order valence-corrected chi connectivity index (χ3v) is 5.82. The SMILES string of the molecule is Cc1cc2c(C(c3ccccc3)(c3ccccc3)c3ccccc3)cccc2[nH]1. The molecule has 1 nitrogen and oxygen atoms in total. The van der Waals surface area contributed by atoms with E-state index in [2.05, 4.69) is 127 Å².